The molecule has 0 radical (unpaired) electrons. The van der Waals surface area contributed by atoms with Crippen molar-refractivity contribution >= 4 is 5.91 Å². The molecule has 0 spiro atoms. The van der Waals surface area contributed by atoms with Crippen molar-refractivity contribution in [3.8, 4) is 5.69 Å². The van der Waals surface area contributed by atoms with Crippen LogP contribution in [0.25, 0.3) is 5.69 Å². The van der Waals surface area contributed by atoms with Gasteiger partial charge in [0.1, 0.15) is 0 Å². The van der Waals surface area contributed by atoms with Gasteiger partial charge in [0.05, 0.1) is 18.3 Å². The first kappa shape index (κ1) is 10.4. The van der Waals surface area contributed by atoms with E-state index in [2.05, 4.69) is 5.10 Å². The van der Waals surface area contributed by atoms with Crippen molar-refractivity contribution < 1.29 is 4.79 Å². The van der Waals surface area contributed by atoms with Gasteiger partial charge in [-0.2, -0.15) is 5.10 Å². The summed E-state index contributed by atoms with van der Waals surface area (Å²) < 4.78 is 1.80. The summed E-state index contributed by atoms with van der Waals surface area (Å²) in [7, 11) is 0. The van der Waals surface area contributed by atoms with Crippen LogP contribution in [0.15, 0.2) is 36.5 Å². The molecule has 4 heteroatoms. The molecule has 82 valence electrons. The molecule has 0 aliphatic heterocycles. The van der Waals surface area contributed by atoms with Gasteiger partial charge in [0, 0.05) is 11.3 Å². The number of aromatic nitrogens is 2. The number of hydrogen-bond donors (Lipinski definition) is 1. The van der Waals surface area contributed by atoms with Crippen LogP contribution in [0.3, 0.4) is 0 Å². The zero-order valence-electron chi connectivity index (χ0n) is 9.05. The molecule has 0 bridgehead atoms. The maximum absolute atomic E-state index is 10.9. The molecule has 2 rings (SSSR count). The third-order valence-corrected chi connectivity index (χ3v) is 2.48. The number of rotatable bonds is 3. The molecule has 2 aromatic rings. The van der Waals surface area contributed by atoms with Crippen molar-refractivity contribution in [3.05, 3.63) is 47.8 Å². The Morgan fingerprint density at radius 2 is 2.06 bits per heavy atom. The van der Waals surface area contributed by atoms with Gasteiger partial charge in [0.15, 0.2) is 0 Å². The van der Waals surface area contributed by atoms with Crippen molar-refractivity contribution in [2.75, 3.05) is 0 Å². The summed E-state index contributed by atoms with van der Waals surface area (Å²) in [6.45, 7) is 1.93. The summed E-state index contributed by atoms with van der Waals surface area (Å²) in [5.41, 5.74) is 7.97. The van der Waals surface area contributed by atoms with Crippen LogP contribution in [0.2, 0.25) is 0 Å². The third kappa shape index (κ3) is 1.95. The van der Waals surface area contributed by atoms with Gasteiger partial charge in [-0.05, 0) is 19.1 Å². The molecule has 1 amide bonds. The van der Waals surface area contributed by atoms with E-state index in [9.17, 15) is 4.79 Å². The topological polar surface area (TPSA) is 60.9 Å². The van der Waals surface area contributed by atoms with Crippen molar-refractivity contribution in [3.63, 3.8) is 0 Å². The summed E-state index contributed by atoms with van der Waals surface area (Å²) >= 11 is 0. The van der Waals surface area contributed by atoms with Crippen LogP contribution in [0, 0.1) is 6.92 Å². The van der Waals surface area contributed by atoms with Crippen LogP contribution in [-0.2, 0) is 11.2 Å². The highest BCUT2D eigenvalue weighted by atomic mass is 16.1. The molecule has 0 aliphatic rings. The Morgan fingerprint density at radius 1 is 1.38 bits per heavy atom. The molecule has 16 heavy (non-hydrogen) atoms. The predicted molar refractivity (Wildman–Crippen MR) is 61.2 cm³/mol. The summed E-state index contributed by atoms with van der Waals surface area (Å²) in [4.78, 5) is 10.9. The SMILES string of the molecule is Cc1c(CC(N)=O)cnn1-c1ccccc1. The van der Waals surface area contributed by atoms with Crippen molar-refractivity contribution in [1.29, 1.82) is 0 Å². The van der Waals surface area contributed by atoms with Crippen LogP contribution in [0.1, 0.15) is 11.3 Å². The first-order chi connectivity index (χ1) is 7.68. The summed E-state index contributed by atoms with van der Waals surface area (Å²) in [6, 6.07) is 9.78. The highest BCUT2D eigenvalue weighted by Crippen LogP contribution is 2.13. The van der Waals surface area contributed by atoms with Gasteiger partial charge in [0.25, 0.3) is 0 Å². The third-order valence-electron chi connectivity index (χ3n) is 2.48. The molecule has 2 N–H and O–H groups in total. The van der Waals surface area contributed by atoms with E-state index in [0.29, 0.717) is 0 Å². The molecule has 0 fully saturated rings. The number of para-hydroxylation sites is 1. The van der Waals surface area contributed by atoms with E-state index in [1.54, 1.807) is 10.9 Å². The van der Waals surface area contributed by atoms with E-state index in [4.69, 9.17) is 5.73 Å². The van der Waals surface area contributed by atoms with E-state index in [1.165, 1.54) is 0 Å². The smallest absolute Gasteiger partial charge is 0.221 e. The average molecular weight is 215 g/mol. The van der Waals surface area contributed by atoms with Gasteiger partial charge in [-0.25, -0.2) is 4.68 Å². The molecule has 4 nitrogen and oxygen atoms in total. The van der Waals surface area contributed by atoms with Crippen LogP contribution < -0.4 is 5.73 Å². The van der Waals surface area contributed by atoms with Gasteiger partial charge < -0.3 is 5.73 Å². The zero-order chi connectivity index (χ0) is 11.5. The molecule has 0 atom stereocenters. The second-order valence-corrected chi connectivity index (χ2v) is 3.65. The van der Waals surface area contributed by atoms with E-state index in [0.717, 1.165) is 16.9 Å². The number of nitrogens with two attached hydrogens (primary N) is 1. The minimum absolute atomic E-state index is 0.235. The number of carbonyl (C=O) groups excluding carboxylic acids is 1. The second kappa shape index (κ2) is 4.18. The second-order valence-electron chi connectivity index (χ2n) is 3.65. The van der Waals surface area contributed by atoms with Crippen LogP contribution in [0.4, 0.5) is 0 Å². The van der Waals surface area contributed by atoms with Crippen molar-refractivity contribution in [2.24, 2.45) is 5.73 Å². The lowest BCUT2D eigenvalue weighted by Gasteiger charge is -2.04. The van der Waals surface area contributed by atoms with Gasteiger partial charge in [-0.3, -0.25) is 4.79 Å². The monoisotopic (exact) mass is 215 g/mol. The maximum Gasteiger partial charge on any atom is 0.221 e. The highest BCUT2D eigenvalue weighted by molar-refractivity contribution is 5.76. The molecule has 1 aromatic carbocycles. The molecule has 0 aliphatic carbocycles. The predicted octanol–water partition coefficient (Wildman–Crippen LogP) is 1.21. The fraction of sp³-hybridized carbons (Fsp3) is 0.167. The van der Waals surface area contributed by atoms with Crippen LogP contribution in [-0.4, -0.2) is 15.7 Å². The lowest BCUT2D eigenvalue weighted by atomic mass is 10.2. The lowest BCUT2D eigenvalue weighted by Crippen LogP contribution is -2.14. The number of amides is 1. The van der Waals surface area contributed by atoms with E-state index >= 15 is 0 Å². The number of nitrogens with zero attached hydrogens (tertiary/aromatic N) is 2. The zero-order valence-corrected chi connectivity index (χ0v) is 9.05. The Hall–Kier alpha value is -2.10. The lowest BCUT2D eigenvalue weighted by molar-refractivity contribution is -0.117. The fourth-order valence-corrected chi connectivity index (χ4v) is 1.63. The Bertz CT molecular complexity index is 502. The van der Waals surface area contributed by atoms with Gasteiger partial charge in [-0.1, -0.05) is 18.2 Å². The Balaban J connectivity index is 2.37. The number of benzene rings is 1. The van der Waals surface area contributed by atoms with Gasteiger partial charge >= 0.3 is 0 Å². The quantitative estimate of drug-likeness (QED) is 0.836. The Kier molecular flexibility index (Phi) is 2.72. The molecule has 0 saturated carbocycles. The summed E-state index contributed by atoms with van der Waals surface area (Å²) in [5, 5.41) is 4.25. The first-order valence-electron chi connectivity index (χ1n) is 5.05. The van der Waals surface area contributed by atoms with Crippen LogP contribution in [0.5, 0.6) is 0 Å². The van der Waals surface area contributed by atoms with Crippen molar-refractivity contribution in [2.45, 2.75) is 13.3 Å². The fourth-order valence-electron chi connectivity index (χ4n) is 1.63. The molecular weight excluding hydrogens is 202 g/mol. The van der Waals surface area contributed by atoms with Crippen LogP contribution >= 0.6 is 0 Å². The highest BCUT2D eigenvalue weighted by Gasteiger charge is 2.09. The van der Waals surface area contributed by atoms with Gasteiger partial charge in [0.2, 0.25) is 5.91 Å². The van der Waals surface area contributed by atoms with E-state index in [-0.39, 0.29) is 12.3 Å². The standard InChI is InChI=1S/C12H13N3O/c1-9-10(7-12(13)16)8-14-15(9)11-5-3-2-4-6-11/h2-6,8H,7H2,1H3,(H2,13,16). The van der Waals surface area contributed by atoms with E-state index < -0.39 is 0 Å². The normalized spacial score (nSPS) is 10.3. The molecule has 0 unspecified atom stereocenters. The minimum atomic E-state index is -0.337. The first-order valence-corrected chi connectivity index (χ1v) is 5.05. The summed E-state index contributed by atoms with van der Waals surface area (Å²) in [6.07, 6.45) is 1.92. The molecule has 0 saturated heterocycles. The van der Waals surface area contributed by atoms with Crippen molar-refractivity contribution in [1.82, 2.24) is 9.78 Å². The molecule has 1 heterocycles. The largest absolute Gasteiger partial charge is 0.369 e. The molecule has 1 aromatic heterocycles. The number of carbonyl (C=O) groups is 1. The number of hydrogen-bond acceptors (Lipinski definition) is 2. The Morgan fingerprint density at radius 3 is 2.69 bits per heavy atom. The average Bonchev–Trinajstić information content (AvgIpc) is 2.61. The van der Waals surface area contributed by atoms with Gasteiger partial charge in [-0.15, -0.1) is 0 Å². The maximum atomic E-state index is 10.9. The number of primary amides is 1. The molecular formula is C12H13N3O. The Labute approximate surface area is 93.7 Å². The van der Waals surface area contributed by atoms with E-state index in [1.807, 2.05) is 37.3 Å². The minimum Gasteiger partial charge on any atom is -0.369 e. The summed E-state index contributed by atoms with van der Waals surface area (Å²) in [5.74, 6) is -0.337.